The highest BCUT2D eigenvalue weighted by Crippen LogP contribution is 2.28. The number of aromatic nitrogens is 5. The van der Waals surface area contributed by atoms with E-state index in [2.05, 4.69) is 25.6 Å². The zero-order chi connectivity index (χ0) is 40.9. The molecule has 7 aromatic rings. The molecule has 57 heavy (non-hydrogen) atoms. The largest absolute Gasteiger partial charge is 0.488 e. The van der Waals surface area contributed by atoms with E-state index >= 15 is 0 Å². The average Bonchev–Trinajstić information content (AvgIpc) is 3.91. The lowest BCUT2D eigenvalue weighted by molar-refractivity contribution is -0.123. The van der Waals surface area contributed by atoms with Gasteiger partial charge in [0.15, 0.2) is 0 Å². The molecule has 7 rings (SSSR count). The van der Waals surface area contributed by atoms with Gasteiger partial charge in [-0.1, -0.05) is 24.3 Å². The Morgan fingerprint density at radius 2 is 1.23 bits per heavy atom. The van der Waals surface area contributed by atoms with Gasteiger partial charge in [0, 0.05) is 45.8 Å². The maximum atomic E-state index is 12.2. The lowest BCUT2D eigenvalue weighted by Gasteiger charge is -2.11. The van der Waals surface area contributed by atoms with Crippen molar-refractivity contribution in [3.63, 3.8) is 0 Å². The lowest BCUT2D eigenvalue weighted by atomic mass is 9.81. The minimum Gasteiger partial charge on any atom is -0.423 e. The number of hydrogen-bond donors (Lipinski definition) is 6. The van der Waals surface area contributed by atoms with Crippen LogP contribution in [0.5, 0.6) is 0 Å². The third kappa shape index (κ3) is 10.7. The SMILES string of the molecule is Cc1nc(-c2ccn3c(-c4cccc(NC(=O)NCC(F)(F)F)c4)cnc3c2)cs1.O=C(NCC(F)(F)F)Nc1cccc(-c2cnc3cc(B(O)O)ccn23)c1. The smallest absolute Gasteiger partial charge is 0.423 e. The van der Waals surface area contributed by atoms with E-state index in [0.29, 0.717) is 28.3 Å². The molecule has 0 aliphatic carbocycles. The van der Waals surface area contributed by atoms with Crippen LogP contribution in [0.25, 0.3) is 45.1 Å². The van der Waals surface area contributed by atoms with E-state index in [1.807, 2.05) is 41.1 Å². The minimum atomic E-state index is -4.49. The van der Waals surface area contributed by atoms with Gasteiger partial charge in [0.1, 0.15) is 24.4 Å². The van der Waals surface area contributed by atoms with Crippen LogP contribution < -0.4 is 26.7 Å². The second kappa shape index (κ2) is 16.7. The third-order valence-corrected chi connectivity index (χ3v) is 8.77. The zero-order valence-electron chi connectivity index (χ0n) is 29.4. The number of imidazole rings is 2. The molecule has 0 saturated heterocycles. The molecule has 0 aliphatic heterocycles. The number of benzene rings is 2. The molecule has 0 spiro atoms. The summed E-state index contributed by atoms with van der Waals surface area (Å²) in [6.45, 7) is -0.873. The number of aryl methyl sites for hydroxylation is 1. The van der Waals surface area contributed by atoms with Gasteiger partial charge in [0.05, 0.1) is 34.5 Å². The first-order valence-corrected chi connectivity index (χ1v) is 17.6. The molecule has 0 saturated carbocycles. The number of carbonyl (C=O) groups is 2. The predicted octanol–water partition coefficient (Wildman–Crippen LogP) is 6.48. The van der Waals surface area contributed by atoms with Crippen molar-refractivity contribution in [2.24, 2.45) is 0 Å². The van der Waals surface area contributed by atoms with Crippen LogP contribution in [0.3, 0.4) is 0 Å². The molecule has 2 aromatic carbocycles. The van der Waals surface area contributed by atoms with Crippen molar-refractivity contribution in [1.82, 2.24) is 34.4 Å². The first kappa shape index (κ1) is 40.2. The minimum absolute atomic E-state index is 0.288. The Morgan fingerprint density at radius 3 is 1.70 bits per heavy atom. The molecule has 0 bridgehead atoms. The average molecular weight is 810 g/mol. The molecular weight excluding hydrogens is 779 g/mol. The Bertz CT molecular complexity index is 2540. The molecule has 5 heterocycles. The highest BCUT2D eigenvalue weighted by atomic mass is 32.1. The quantitative estimate of drug-likeness (QED) is 0.0754. The van der Waals surface area contributed by atoms with Gasteiger partial charge in [-0.3, -0.25) is 8.80 Å². The zero-order valence-corrected chi connectivity index (χ0v) is 30.2. The van der Waals surface area contributed by atoms with E-state index in [1.165, 1.54) is 12.1 Å². The molecule has 5 aromatic heterocycles. The number of rotatable bonds is 8. The number of thiazole rings is 1. The van der Waals surface area contributed by atoms with Crippen LogP contribution in [0, 0.1) is 6.92 Å². The number of urea groups is 2. The lowest BCUT2D eigenvalue weighted by Crippen LogP contribution is -2.36. The number of halogens is 6. The first-order chi connectivity index (χ1) is 27.0. The van der Waals surface area contributed by atoms with E-state index < -0.39 is 44.6 Å². The number of nitrogens with one attached hydrogen (secondary N) is 4. The third-order valence-electron chi connectivity index (χ3n) is 7.99. The van der Waals surface area contributed by atoms with Crippen molar-refractivity contribution >= 4 is 58.6 Å². The molecule has 0 unspecified atom stereocenters. The van der Waals surface area contributed by atoms with Gasteiger partial charge >= 0.3 is 31.5 Å². The molecule has 13 nitrogen and oxygen atoms in total. The number of nitrogens with zero attached hydrogens (tertiary/aromatic N) is 5. The first-order valence-electron chi connectivity index (χ1n) is 16.7. The van der Waals surface area contributed by atoms with Crippen LogP contribution in [0.15, 0.2) is 103 Å². The number of carbonyl (C=O) groups excluding carboxylic acids is 2. The van der Waals surface area contributed by atoms with E-state index in [-0.39, 0.29) is 5.46 Å². The molecule has 6 N–H and O–H groups in total. The summed E-state index contributed by atoms with van der Waals surface area (Å²) in [6.07, 6.45) is -2.19. The van der Waals surface area contributed by atoms with Gasteiger partial charge in [-0.05, 0) is 60.9 Å². The van der Waals surface area contributed by atoms with Crippen molar-refractivity contribution in [3.05, 3.63) is 108 Å². The summed E-state index contributed by atoms with van der Waals surface area (Å²) in [5, 5.41) is 29.7. The van der Waals surface area contributed by atoms with Crippen LogP contribution in [0.2, 0.25) is 0 Å². The normalized spacial score (nSPS) is 11.5. The van der Waals surface area contributed by atoms with Crippen LogP contribution in [0.4, 0.5) is 47.3 Å². The van der Waals surface area contributed by atoms with Crippen molar-refractivity contribution in [3.8, 4) is 33.8 Å². The van der Waals surface area contributed by atoms with Crippen molar-refractivity contribution in [2.75, 3.05) is 23.7 Å². The summed E-state index contributed by atoms with van der Waals surface area (Å²) in [7, 11) is -1.61. The molecule has 4 amide bonds. The van der Waals surface area contributed by atoms with Gasteiger partial charge in [0.25, 0.3) is 0 Å². The summed E-state index contributed by atoms with van der Waals surface area (Å²) in [5.74, 6) is 0. The van der Waals surface area contributed by atoms with Crippen LogP contribution >= 0.6 is 11.3 Å². The molecule has 0 aliphatic rings. The summed E-state index contributed by atoms with van der Waals surface area (Å²) in [4.78, 5) is 36.4. The molecule has 0 atom stereocenters. The highest BCUT2D eigenvalue weighted by Gasteiger charge is 2.28. The van der Waals surface area contributed by atoms with Crippen LogP contribution in [-0.4, -0.2) is 78.4 Å². The van der Waals surface area contributed by atoms with Gasteiger partial charge < -0.3 is 31.3 Å². The van der Waals surface area contributed by atoms with Crippen molar-refractivity contribution in [1.29, 1.82) is 0 Å². The van der Waals surface area contributed by atoms with Crippen molar-refractivity contribution < 1.29 is 46.0 Å². The van der Waals surface area contributed by atoms with E-state index in [0.717, 1.165) is 33.2 Å². The Labute approximate surface area is 323 Å². The number of alkyl halides is 6. The second-order valence-corrected chi connectivity index (χ2v) is 13.3. The summed E-state index contributed by atoms with van der Waals surface area (Å²) < 4.78 is 76.7. The predicted molar refractivity (Wildman–Crippen MR) is 203 cm³/mol. The molecular formula is C36H30BF6N9O4S. The number of pyridine rings is 2. The van der Waals surface area contributed by atoms with E-state index in [4.69, 9.17) is 0 Å². The second-order valence-electron chi connectivity index (χ2n) is 12.3. The Morgan fingerprint density at radius 1 is 0.719 bits per heavy atom. The fourth-order valence-corrected chi connectivity index (χ4v) is 6.07. The fourth-order valence-electron chi connectivity index (χ4n) is 5.44. The highest BCUT2D eigenvalue weighted by molar-refractivity contribution is 7.09. The summed E-state index contributed by atoms with van der Waals surface area (Å²) >= 11 is 1.58. The Kier molecular flexibility index (Phi) is 11.8. The van der Waals surface area contributed by atoms with Gasteiger partial charge in [0.2, 0.25) is 0 Å². The fraction of sp³-hybridized carbons (Fsp3) is 0.139. The maximum Gasteiger partial charge on any atom is 0.488 e. The maximum absolute atomic E-state index is 12.2. The molecule has 21 heteroatoms. The van der Waals surface area contributed by atoms with Crippen LogP contribution in [-0.2, 0) is 0 Å². The number of fused-ring (bicyclic) bond motifs is 2. The Balaban J connectivity index is 0.000000194. The Hall–Kier alpha value is -6.45. The van der Waals surface area contributed by atoms with E-state index in [1.54, 1.807) is 87.4 Å². The summed E-state index contributed by atoms with van der Waals surface area (Å²) in [6, 6.07) is 18.4. The monoisotopic (exact) mass is 809 g/mol. The van der Waals surface area contributed by atoms with Crippen molar-refractivity contribution in [2.45, 2.75) is 19.3 Å². The topological polar surface area (TPSA) is 170 Å². The molecule has 0 radical (unpaired) electrons. The van der Waals surface area contributed by atoms with Crippen LogP contribution in [0.1, 0.15) is 5.01 Å². The van der Waals surface area contributed by atoms with E-state index in [9.17, 15) is 46.0 Å². The molecule has 0 fully saturated rings. The van der Waals surface area contributed by atoms with Gasteiger partial charge in [-0.15, -0.1) is 11.3 Å². The standard InChI is InChI=1S/C20H16F3N5OS.C16H14BF3N4O3/c1-12-26-16(10-30-12)13-5-6-28-17(9-24-18(28)8-13)14-3-2-4-15(7-14)27-19(29)25-11-20(21,22)23;18-16(19,20)9-22-15(25)23-12-3-1-2-10(6-12)13-8-21-14-7-11(17(26)27)4-5-24(13)14/h2-10H,11H2,1H3,(H2,25,27,29);1-8,26-27H,9H2,(H2,22,23,25). The summed E-state index contributed by atoms with van der Waals surface area (Å²) in [5.41, 5.74) is 6.89. The number of hydrogen-bond acceptors (Lipinski definition) is 8. The van der Waals surface area contributed by atoms with Gasteiger partial charge in [-0.2, -0.15) is 26.3 Å². The number of amides is 4. The molecule has 294 valence electrons. The number of anilines is 2. The van der Waals surface area contributed by atoms with Gasteiger partial charge in [-0.25, -0.2) is 24.5 Å².